The fourth-order valence-corrected chi connectivity index (χ4v) is 2.61. The van der Waals surface area contributed by atoms with E-state index in [9.17, 15) is 14.0 Å². The molecule has 0 radical (unpaired) electrons. The Kier molecular flexibility index (Phi) is 8.81. The normalized spacial score (nSPS) is 12.0. The number of ether oxygens (including phenoxy) is 3. The molecule has 2 aromatic rings. The summed E-state index contributed by atoms with van der Waals surface area (Å²) in [6, 6.07) is 12.5. The molecule has 7 nitrogen and oxygen atoms in total. The minimum Gasteiger partial charge on any atom is -0.489 e. The molecule has 0 unspecified atom stereocenters. The number of nitrogens with one attached hydrogen (secondary N) is 2. The van der Waals surface area contributed by atoms with E-state index in [1.54, 1.807) is 45.0 Å². The van der Waals surface area contributed by atoms with Crippen LogP contribution in [0.4, 0.5) is 9.18 Å². The fraction of sp³-hybridized carbons (Fsp3) is 0.391. The molecule has 0 saturated carbocycles. The first-order valence-electron chi connectivity index (χ1n) is 9.88. The van der Waals surface area contributed by atoms with Gasteiger partial charge in [0.15, 0.2) is 0 Å². The van der Waals surface area contributed by atoms with Crippen LogP contribution in [0.2, 0.25) is 0 Å². The van der Waals surface area contributed by atoms with E-state index in [2.05, 4.69) is 10.6 Å². The molecule has 8 heteroatoms. The van der Waals surface area contributed by atoms with Crippen LogP contribution < -0.4 is 15.4 Å². The van der Waals surface area contributed by atoms with E-state index in [0.29, 0.717) is 5.75 Å². The van der Waals surface area contributed by atoms with Gasteiger partial charge in [-0.15, -0.1) is 0 Å². The molecular weight excluding hydrogens is 403 g/mol. The van der Waals surface area contributed by atoms with Crippen molar-refractivity contribution >= 4 is 12.0 Å². The second kappa shape index (κ2) is 11.3. The Morgan fingerprint density at radius 3 is 2.39 bits per heavy atom. The van der Waals surface area contributed by atoms with E-state index >= 15 is 0 Å². The van der Waals surface area contributed by atoms with Gasteiger partial charge in [0.25, 0.3) is 0 Å². The molecule has 2 amide bonds. The lowest BCUT2D eigenvalue weighted by atomic mass is 10.2. The van der Waals surface area contributed by atoms with Crippen LogP contribution in [-0.2, 0) is 27.4 Å². The van der Waals surface area contributed by atoms with Gasteiger partial charge in [-0.3, -0.25) is 4.79 Å². The second-order valence-corrected chi connectivity index (χ2v) is 7.93. The van der Waals surface area contributed by atoms with Gasteiger partial charge in [-0.05, 0) is 56.2 Å². The molecule has 0 aromatic heterocycles. The number of methoxy groups -OCH3 is 1. The largest absolute Gasteiger partial charge is 0.489 e. The lowest BCUT2D eigenvalue weighted by Gasteiger charge is -2.23. The maximum absolute atomic E-state index is 13.2. The van der Waals surface area contributed by atoms with Crippen molar-refractivity contribution in [3.63, 3.8) is 0 Å². The van der Waals surface area contributed by atoms with Crippen LogP contribution in [0, 0.1) is 5.82 Å². The molecule has 0 aliphatic carbocycles. The summed E-state index contributed by atoms with van der Waals surface area (Å²) >= 11 is 0. The predicted molar refractivity (Wildman–Crippen MR) is 114 cm³/mol. The molecule has 0 bridgehead atoms. The van der Waals surface area contributed by atoms with Crippen LogP contribution in [0.1, 0.15) is 31.9 Å². The smallest absolute Gasteiger partial charge is 0.408 e. The Labute approximate surface area is 181 Å². The maximum atomic E-state index is 13.2. The van der Waals surface area contributed by atoms with Crippen LogP contribution in [0.15, 0.2) is 48.5 Å². The number of carbonyl (C=O) groups is 2. The summed E-state index contributed by atoms with van der Waals surface area (Å²) in [5.74, 6) is -0.0672. The van der Waals surface area contributed by atoms with Gasteiger partial charge in [-0.2, -0.15) is 0 Å². The Morgan fingerprint density at radius 1 is 1.06 bits per heavy atom. The molecule has 31 heavy (non-hydrogen) atoms. The summed E-state index contributed by atoms with van der Waals surface area (Å²) in [6.45, 7) is 5.75. The molecule has 1 atom stereocenters. The van der Waals surface area contributed by atoms with Gasteiger partial charge >= 0.3 is 6.09 Å². The summed E-state index contributed by atoms with van der Waals surface area (Å²) < 4.78 is 29.1. The zero-order valence-electron chi connectivity index (χ0n) is 18.2. The predicted octanol–water partition coefficient (Wildman–Crippen LogP) is 3.56. The quantitative estimate of drug-likeness (QED) is 0.633. The summed E-state index contributed by atoms with van der Waals surface area (Å²) in [4.78, 5) is 24.4. The third-order valence-corrected chi connectivity index (χ3v) is 4.03. The average molecular weight is 432 g/mol. The van der Waals surface area contributed by atoms with Crippen LogP contribution in [-0.4, -0.2) is 37.4 Å². The van der Waals surface area contributed by atoms with Crippen LogP contribution in [0.25, 0.3) is 0 Å². The zero-order valence-corrected chi connectivity index (χ0v) is 18.2. The Bertz CT molecular complexity index is 865. The molecular formula is C23H29FN2O5. The van der Waals surface area contributed by atoms with Crippen molar-refractivity contribution in [2.24, 2.45) is 0 Å². The number of hydrogen-bond donors (Lipinski definition) is 2. The third-order valence-electron chi connectivity index (χ3n) is 4.03. The Hall–Kier alpha value is -3.13. The van der Waals surface area contributed by atoms with E-state index in [1.807, 2.05) is 12.1 Å². The van der Waals surface area contributed by atoms with Crippen LogP contribution >= 0.6 is 0 Å². The highest BCUT2D eigenvalue weighted by atomic mass is 19.1. The lowest BCUT2D eigenvalue weighted by Crippen LogP contribution is -2.50. The van der Waals surface area contributed by atoms with Crippen molar-refractivity contribution in [1.29, 1.82) is 0 Å². The Balaban J connectivity index is 1.84. The highest BCUT2D eigenvalue weighted by Crippen LogP contribution is 2.15. The van der Waals surface area contributed by atoms with Crippen molar-refractivity contribution in [1.82, 2.24) is 10.6 Å². The zero-order chi connectivity index (χ0) is 22.9. The minimum atomic E-state index is -0.881. The molecule has 0 heterocycles. The van der Waals surface area contributed by atoms with Gasteiger partial charge in [-0.25, -0.2) is 9.18 Å². The number of alkyl carbamates (subject to hydrolysis) is 1. The van der Waals surface area contributed by atoms with Gasteiger partial charge in [0.2, 0.25) is 5.91 Å². The second-order valence-electron chi connectivity index (χ2n) is 7.93. The maximum Gasteiger partial charge on any atom is 0.408 e. The van der Waals surface area contributed by atoms with Crippen molar-refractivity contribution in [3.05, 3.63) is 65.5 Å². The van der Waals surface area contributed by atoms with Crippen molar-refractivity contribution < 1.29 is 28.2 Å². The van der Waals surface area contributed by atoms with Gasteiger partial charge in [0.1, 0.15) is 29.8 Å². The number of rotatable bonds is 9. The molecule has 0 saturated heterocycles. The van der Waals surface area contributed by atoms with E-state index in [0.717, 1.165) is 11.1 Å². The number of benzene rings is 2. The minimum absolute atomic E-state index is 0.0118. The highest BCUT2D eigenvalue weighted by Gasteiger charge is 2.24. The molecule has 2 aromatic carbocycles. The van der Waals surface area contributed by atoms with Crippen LogP contribution in [0.5, 0.6) is 5.75 Å². The highest BCUT2D eigenvalue weighted by molar-refractivity contribution is 5.85. The summed E-state index contributed by atoms with van der Waals surface area (Å²) in [5, 5.41) is 5.27. The first kappa shape index (κ1) is 24.1. The van der Waals surface area contributed by atoms with Gasteiger partial charge < -0.3 is 24.8 Å². The van der Waals surface area contributed by atoms with E-state index < -0.39 is 17.7 Å². The average Bonchev–Trinajstić information content (AvgIpc) is 2.69. The molecule has 2 N–H and O–H groups in total. The van der Waals surface area contributed by atoms with Crippen molar-refractivity contribution in [2.45, 2.75) is 45.6 Å². The molecule has 0 fully saturated rings. The van der Waals surface area contributed by atoms with E-state index in [-0.39, 0.29) is 31.5 Å². The number of amides is 2. The number of halogens is 1. The third kappa shape index (κ3) is 9.04. The summed E-state index contributed by atoms with van der Waals surface area (Å²) in [6.07, 6.45) is -0.690. The topological polar surface area (TPSA) is 85.9 Å². The first-order valence-corrected chi connectivity index (χ1v) is 9.88. The van der Waals surface area contributed by atoms with Crippen molar-refractivity contribution in [2.75, 3.05) is 13.7 Å². The SMILES string of the molecule is COC[C@@H](NC(=O)OC(C)(C)C)C(=O)NCc1ccc(OCc2cccc(F)c2)cc1. The van der Waals surface area contributed by atoms with Gasteiger partial charge in [-0.1, -0.05) is 24.3 Å². The van der Waals surface area contributed by atoms with Crippen molar-refractivity contribution in [3.8, 4) is 5.75 Å². The number of hydrogen-bond acceptors (Lipinski definition) is 5. The Morgan fingerprint density at radius 2 is 1.77 bits per heavy atom. The summed E-state index contributed by atoms with van der Waals surface area (Å²) in [5.41, 5.74) is 0.911. The lowest BCUT2D eigenvalue weighted by molar-refractivity contribution is -0.124. The summed E-state index contributed by atoms with van der Waals surface area (Å²) in [7, 11) is 1.44. The van der Waals surface area contributed by atoms with E-state index in [1.165, 1.54) is 19.2 Å². The standard InChI is InChI=1S/C23H29FN2O5/c1-23(2,3)31-22(28)26-20(15-29-4)21(27)25-13-16-8-10-19(11-9-16)30-14-17-6-5-7-18(24)12-17/h5-12,20H,13-15H2,1-4H3,(H,25,27)(H,26,28)/t20-/m1/s1. The van der Waals surface area contributed by atoms with E-state index in [4.69, 9.17) is 14.2 Å². The molecule has 0 aliphatic heterocycles. The fourth-order valence-electron chi connectivity index (χ4n) is 2.61. The molecule has 0 spiro atoms. The number of carbonyl (C=O) groups excluding carboxylic acids is 2. The molecule has 168 valence electrons. The van der Waals surface area contributed by atoms with Gasteiger partial charge in [0, 0.05) is 13.7 Å². The van der Waals surface area contributed by atoms with Crippen LogP contribution in [0.3, 0.4) is 0 Å². The monoisotopic (exact) mass is 432 g/mol. The first-order chi connectivity index (χ1) is 14.7. The van der Waals surface area contributed by atoms with Gasteiger partial charge in [0.05, 0.1) is 6.61 Å². The molecule has 2 rings (SSSR count). The molecule has 0 aliphatic rings.